The quantitative estimate of drug-likeness (QED) is 0.746. The number of halogens is 1. The highest BCUT2D eigenvalue weighted by atomic mass is 79.9. The molecule has 1 aliphatic rings. The van der Waals surface area contributed by atoms with Crippen molar-refractivity contribution in [3.05, 3.63) is 0 Å². The van der Waals surface area contributed by atoms with Gasteiger partial charge in [0.05, 0.1) is 5.33 Å². The van der Waals surface area contributed by atoms with Crippen molar-refractivity contribution < 1.29 is 4.79 Å². The number of amides is 1. The number of nitrogens with one attached hydrogen (secondary N) is 1. The summed E-state index contributed by atoms with van der Waals surface area (Å²) in [4.78, 5) is 11.1. The van der Waals surface area contributed by atoms with E-state index in [9.17, 15) is 4.79 Å². The molecule has 0 aliphatic heterocycles. The summed E-state index contributed by atoms with van der Waals surface area (Å²) in [6.45, 7) is 4.52. The summed E-state index contributed by atoms with van der Waals surface area (Å²) in [6.07, 6.45) is 3.63. The van der Waals surface area contributed by atoms with E-state index < -0.39 is 0 Å². The predicted molar refractivity (Wildman–Crippen MR) is 57.9 cm³/mol. The number of carbonyl (C=O) groups is 1. The molecule has 3 atom stereocenters. The maximum Gasteiger partial charge on any atom is 0.230 e. The lowest BCUT2D eigenvalue weighted by Crippen LogP contribution is -2.42. The number of carbonyl (C=O) groups excluding carboxylic acids is 1. The number of alkyl halides is 1. The molecule has 0 radical (unpaired) electrons. The van der Waals surface area contributed by atoms with E-state index in [2.05, 4.69) is 35.1 Å². The molecule has 1 rings (SSSR count). The van der Waals surface area contributed by atoms with Gasteiger partial charge in [0.15, 0.2) is 0 Å². The molecule has 13 heavy (non-hydrogen) atoms. The molecule has 0 spiro atoms. The molecule has 1 saturated carbocycles. The van der Waals surface area contributed by atoms with E-state index >= 15 is 0 Å². The van der Waals surface area contributed by atoms with Gasteiger partial charge in [0.25, 0.3) is 0 Å². The smallest absolute Gasteiger partial charge is 0.230 e. The minimum Gasteiger partial charge on any atom is -0.352 e. The summed E-state index contributed by atoms with van der Waals surface area (Å²) in [6, 6.07) is 0.404. The molecule has 1 N–H and O–H groups in total. The predicted octanol–water partition coefficient (Wildman–Crippen LogP) is 2.32. The fraction of sp³-hybridized carbons (Fsp3) is 0.900. The van der Waals surface area contributed by atoms with Crippen molar-refractivity contribution in [1.82, 2.24) is 5.32 Å². The van der Waals surface area contributed by atoms with Gasteiger partial charge in [-0.05, 0) is 31.1 Å². The molecule has 0 aromatic heterocycles. The molecule has 1 amide bonds. The number of rotatable bonds is 2. The van der Waals surface area contributed by atoms with E-state index in [1.165, 1.54) is 12.8 Å². The molecule has 76 valence electrons. The molecule has 1 fully saturated rings. The third-order valence-electron chi connectivity index (χ3n) is 2.90. The summed E-state index contributed by atoms with van der Waals surface area (Å²) in [7, 11) is 0. The average Bonchev–Trinajstić information content (AvgIpc) is 2.09. The highest BCUT2D eigenvalue weighted by molar-refractivity contribution is 9.09. The number of hydrogen-bond donors (Lipinski definition) is 1. The lowest BCUT2D eigenvalue weighted by molar-refractivity contribution is -0.119. The minimum absolute atomic E-state index is 0.117. The molecule has 2 nitrogen and oxygen atoms in total. The van der Waals surface area contributed by atoms with Crippen LogP contribution in [0.5, 0.6) is 0 Å². The second-order valence-electron chi connectivity index (χ2n) is 4.20. The summed E-state index contributed by atoms with van der Waals surface area (Å²) in [5.74, 6) is 1.57. The lowest BCUT2D eigenvalue weighted by atomic mass is 9.80. The van der Waals surface area contributed by atoms with E-state index in [1.807, 2.05) is 0 Å². The van der Waals surface area contributed by atoms with E-state index in [0.717, 1.165) is 12.3 Å². The van der Waals surface area contributed by atoms with Crippen molar-refractivity contribution in [3.8, 4) is 0 Å². The highest BCUT2D eigenvalue weighted by Gasteiger charge is 2.25. The van der Waals surface area contributed by atoms with Crippen LogP contribution < -0.4 is 5.32 Å². The van der Waals surface area contributed by atoms with Crippen LogP contribution in [0.4, 0.5) is 0 Å². The van der Waals surface area contributed by atoms with Crippen molar-refractivity contribution in [2.45, 2.75) is 39.2 Å². The average molecular weight is 248 g/mol. The fourth-order valence-electron chi connectivity index (χ4n) is 2.13. The van der Waals surface area contributed by atoms with Gasteiger partial charge in [-0.25, -0.2) is 0 Å². The van der Waals surface area contributed by atoms with Gasteiger partial charge in [0, 0.05) is 6.04 Å². The first-order valence-electron chi connectivity index (χ1n) is 4.98. The molecule has 3 unspecified atom stereocenters. The fourth-order valence-corrected chi connectivity index (χ4v) is 2.29. The number of hydrogen-bond acceptors (Lipinski definition) is 1. The van der Waals surface area contributed by atoms with Crippen LogP contribution in [-0.2, 0) is 4.79 Å². The molecule has 0 saturated heterocycles. The molecule has 0 heterocycles. The molecule has 0 aromatic carbocycles. The maximum absolute atomic E-state index is 11.1. The van der Waals surface area contributed by atoms with E-state index in [1.54, 1.807) is 0 Å². The zero-order valence-corrected chi connectivity index (χ0v) is 9.93. The monoisotopic (exact) mass is 247 g/mol. The third kappa shape index (κ3) is 3.29. The van der Waals surface area contributed by atoms with Crippen molar-refractivity contribution in [2.75, 3.05) is 5.33 Å². The van der Waals surface area contributed by atoms with Crippen LogP contribution in [0.25, 0.3) is 0 Å². The summed E-state index contributed by atoms with van der Waals surface area (Å²) < 4.78 is 0. The second-order valence-corrected chi connectivity index (χ2v) is 4.76. The Bertz CT molecular complexity index is 184. The summed E-state index contributed by atoms with van der Waals surface area (Å²) in [5, 5.41) is 3.48. The zero-order chi connectivity index (χ0) is 9.84. The Morgan fingerprint density at radius 1 is 1.46 bits per heavy atom. The van der Waals surface area contributed by atoms with Crippen LogP contribution in [-0.4, -0.2) is 17.3 Å². The van der Waals surface area contributed by atoms with Crippen molar-refractivity contribution in [1.29, 1.82) is 0 Å². The van der Waals surface area contributed by atoms with Gasteiger partial charge in [-0.15, -0.1) is 0 Å². The molecule has 0 bridgehead atoms. The van der Waals surface area contributed by atoms with Gasteiger partial charge in [-0.1, -0.05) is 29.8 Å². The van der Waals surface area contributed by atoms with Crippen LogP contribution in [0.3, 0.4) is 0 Å². The van der Waals surface area contributed by atoms with Crippen LogP contribution in [0.15, 0.2) is 0 Å². The van der Waals surface area contributed by atoms with Gasteiger partial charge < -0.3 is 5.32 Å². The molecular weight excluding hydrogens is 230 g/mol. The summed E-state index contributed by atoms with van der Waals surface area (Å²) >= 11 is 3.16. The highest BCUT2D eigenvalue weighted by Crippen LogP contribution is 2.28. The van der Waals surface area contributed by atoms with Gasteiger partial charge in [0.1, 0.15) is 0 Å². The zero-order valence-electron chi connectivity index (χ0n) is 8.35. The molecule has 0 aromatic rings. The summed E-state index contributed by atoms with van der Waals surface area (Å²) in [5.41, 5.74) is 0. The second kappa shape index (κ2) is 4.99. The maximum atomic E-state index is 11.1. The van der Waals surface area contributed by atoms with E-state index in [0.29, 0.717) is 17.3 Å². The Hall–Kier alpha value is -0.0500. The lowest BCUT2D eigenvalue weighted by Gasteiger charge is -2.32. The first-order chi connectivity index (χ1) is 6.13. The van der Waals surface area contributed by atoms with Crippen LogP contribution in [0.2, 0.25) is 0 Å². The first-order valence-corrected chi connectivity index (χ1v) is 6.11. The van der Waals surface area contributed by atoms with E-state index in [4.69, 9.17) is 0 Å². The third-order valence-corrected chi connectivity index (χ3v) is 3.41. The van der Waals surface area contributed by atoms with Crippen LogP contribution in [0.1, 0.15) is 33.1 Å². The minimum atomic E-state index is 0.117. The Morgan fingerprint density at radius 2 is 2.15 bits per heavy atom. The topological polar surface area (TPSA) is 29.1 Å². The SMILES string of the molecule is CC1CCC(NC(=O)CBr)C(C)C1. The van der Waals surface area contributed by atoms with Gasteiger partial charge in [-0.2, -0.15) is 0 Å². The van der Waals surface area contributed by atoms with Gasteiger partial charge in [0.2, 0.25) is 5.91 Å². The Morgan fingerprint density at radius 3 is 2.69 bits per heavy atom. The van der Waals surface area contributed by atoms with Crippen molar-refractivity contribution >= 4 is 21.8 Å². The normalized spacial score (nSPS) is 34.2. The standard InChI is InChI=1S/C10H18BrNO/c1-7-3-4-9(8(2)5-7)12-10(13)6-11/h7-9H,3-6H2,1-2H3,(H,12,13). The first kappa shape index (κ1) is 11.0. The van der Waals surface area contributed by atoms with Crippen LogP contribution >= 0.6 is 15.9 Å². The Kier molecular flexibility index (Phi) is 4.23. The Balaban J connectivity index is 2.38. The largest absolute Gasteiger partial charge is 0.352 e. The molecule has 3 heteroatoms. The van der Waals surface area contributed by atoms with Crippen LogP contribution in [0, 0.1) is 11.8 Å². The molecular formula is C10H18BrNO. The van der Waals surface area contributed by atoms with E-state index in [-0.39, 0.29) is 5.91 Å². The van der Waals surface area contributed by atoms with Gasteiger partial charge >= 0.3 is 0 Å². The van der Waals surface area contributed by atoms with Crippen molar-refractivity contribution in [2.24, 2.45) is 11.8 Å². The van der Waals surface area contributed by atoms with Gasteiger partial charge in [-0.3, -0.25) is 4.79 Å². The molecule has 1 aliphatic carbocycles. The van der Waals surface area contributed by atoms with Crippen molar-refractivity contribution in [3.63, 3.8) is 0 Å². The Labute approximate surface area is 88.6 Å².